The van der Waals surface area contributed by atoms with E-state index >= 15 is 0 Å². The van der Waals surface area contributed by atoms with Crippen LogP contribution in [0.4, 0.5) is 0 Å². The van der Waals surface area contributed by atoms with Gasteiger partial charge in [0.2, 0.25) is 0 Å². The first-order chi connectivity index (χ1) is 6.01. The summed E-state index contributed by atoms with van der Waals surface area (Å²) in [5.41, 5.74) is 1.96. The Hall–Kier alpha value is -1.15. The van der Waals surface area contributed by atoms with E-state index in [1.807, 2.05) is 18.2 Å². The van der Waals surface area contributed by atoms with Crippen LogP contribution in [-0.4, -0.2) is 31.9 Å². The van der Waals surface area contributed by atoms with Crippen LogP contribution in [0.3, 0.4) is 0 Å². The van der Waals surface area contributed by atoms with Crippen molar-refractivity contribution in [1.82, 2.24) is 0 Å². The van der Waals surface area contributed by atoms with E-state index in [0.29, 0.717) is 0 Å². The van der Waals surface area contributed by atoms with E-state index in [-0.39, 0.29) is 0 Å². The average Bonchev–Trinajstić information content (AvgIpc) is 2.01. The van der Waals surface area contributed by atoms with Crippen LogP contribution in [0, 0.1) is 0 Å². The van der Waals surface area contributed by atoms with E-state index in [2.05, 4.69) is 27.2 Å². The summed E-state index contributed by atoms with van der Waals surface area (Å²) >= 11 is 0. The Balaban J connectivity index is 2.84. The molecule has 0 saturated heterocycles. The molecule has 0 unspecified atom stereocenters. The van der Waals surface area contributed by atoms with Gasteiger partial charge < -0.3 is 4.48 Å². The maximum Gasteiger partial charge on any atom is 0.150 e. The normalized spacial score (nSPS) is 11.3. The van der Waals surface area contributed by atoms with Gasteiger partial charge in [0.15, 0.2) is 0 Å². The topological polar surface area (TPSA) is 17.1 Å². The minimum Gasteiger partial charge on any atom is -0.327 e. The number of carbonyl (C=O) groups is 1. The number of aldehydes is 1. The zero-order valence-electron chi connectivity index (χ0n) is 8.45. The Morgan fingerprint density at radius 2 is 2.00 bits per heavy atom. The molecule has 1 rings (SSSR count). The lowest BCUT2D eigenvalue weighted by molar-refractivity contribution is -0.884. The first kappa shape index (κ1) is 9.93. The van der Waals surface area contributed by atoms with Crippen LogP contribution < -0.4 is 0 Å². The molecule has 0 bridgehead atoms. The number of rotatable bonds is 3. The third-order valence-corrected chi connectivity index (χ3v) is 1.74. The van der Waals surface area contributed by atoms with Gasteiger partial charge in [-0.25, -0.2) is 0 Å². The molecule has 0 aliphatic carbocycles. The van der Waals surface area contributed by atoms with Crippen molar-refractivity contribution in [1.29, 1.82) is 0 Å². The van der Waals surface area contributed by atoms with Gasteiger partial charge in [-0.1, -0.05) is 18.2 Å². The number of benzene rings is 1. The van der Waals surface area contributed by atoms with E-state index in [9.17, 15) is 4.79 Å². The van der Waals surface area contributed by atoms with Crippen LogP contribution >= 0.6 is 0 Å². The van der Waals surface area contributed by atoms with Crippen LogP contribution in [-0.2, 0) is 6.54 Å². The Morgan fingerprint density at radius 1 is 1.31 bits per heavy atom. The molecule has 0 fully saturated rings. The lowest BCUT2D eigenvalue weighted by Crippen LogP contribution is -2.33. The molecule has 0 heterocycles. The molecule has 0 atom stereocenters. The maximum absolute atomic E-state index is 10.5. The maximum atomic E-state index is 10.5. The minimum atomic E-state index is 0.756. The molecule has 1 aromatic rings. The molecule has 2 heteroatoms. The number of hydrogen-bond acceptors (Lipinski definition) is 1. The monoisotopic (exact) mass is 178 g/mol. The van der Waals surface area contributed by atoms with Gasteiger partial charge in [-0.2, -0.15) is 0 Å². The second-order valence-corrected chi connectivity index (χ2v) is 4.31. The van der Waals surface area contributed by atoms with Crippen molar-refractivity contribution in [3.63, 3.8) is 0 Å². The summed E-state index contributed by atoms with van der Waals surface area (Å²) in [7, 11) is 6.40. The molecule has 0 aliphatic rings. The van der Waals surface area contributed by atoms with Gasteiger partial charge >= 0.3 is 0 Å². The SMILES string of the molecule is C[N+](C)(C)Cc1cccc(C=O)c1. The van der Waals surface area contributed by atoms with Crippen molar-refractivity contribution in [2.45, 2.75) is 6.54 Å². The van der Waals surface area contributed by atoms with Crippen molar-refractivity contribution in [2.75, 3.05) is 21.1 Å². The van der Waals surface area contributed by atoms with Gasteiger partial charge in [0, 0.05) is 11.1 Å². The minimum absolute atomic E-state index is 0.756. The van der Waals surface area contributed by atoms with E-state index in [1.54, 1.807) is 0 Å². The first-order valence-corrected chi connectivity index (χ1v) is 4.36. The van der Waals surface area contributed by atoms with Crippen LogP contribution in [0.2, 0.25) is 0 Å². The zero-order chi connectivity index (χ0) is 9.90. The molecule has 0 spiro atoms. The zero-order valence-corrected chi connectivity index (χ0v) is 8.45. The van der Waals surface area contributed by atoms with Crippen molar-refractivity contribution >= 4 is 6.29 Å². The predicted molar refractivity (Wildman–Crippen MR) is 53.6 cm³/mol. The number of hydrogen-bond donors (Lipinski definition) is 0. The molecule has 70 valence electrons. The Bertz CT molecular complexity index is 299. The summed E-state index contributed by atoms with van der Waals surface area (Å²) in [4.78, 5) is 10.5. The van der Waals surface area contributed by atoms with Crippen molar-refractivity contribution < 1.29 is 9.28 Å². The van der Waals surface area contributed by atoms with E-state index in [0.717, 1.165) is 22.9 Å². The number of quaternary nitrogens is 1. The van der Waals surface area contributed by atoms with Crippen molar-refractivity contribution in [2.24, 2.45) is 0 Å². The number of carbonyl (C=O) groups excluding carboxylic acids is 1. The van der Waals surface area contributed by atoms with E-state index in [4.69, 9.17) is 0 Å². The Labute approximate surface area is 79.4 Å². The highest BCUT2D eigenvalue weighted by Gasteiger charge is 2.08. The molecule has 2 nitrogen and oxygen atoms in total. The second-order valence-electron chi connectivity index (χ2n) is 4.31. The first-order valence-electron chi connectivity index (χ1n) is 4.36. The van der Waals surface area contributed by atoms with Gasteiger partial charge in [-0.05, 0) is 6.07 Å². The van der Waals surface area contributed by atoms with Gasteiger partial charge in [-0.3, -0.25) is 4.79 Å². The van der Waals surface area contributed by atoms with Crippen molar-refractivity contribution in [3.8, 4) is 0 Å². The fraction of sp³-hybridized carbons (Fsp3) is 0.364. The van der Waals surface area contributed by atoms with Crippen LogP contribution in [0.5, 0.6) is 0 Å². The summed E-state index contributed by atoms with van der Waals surface area (Å²) in [6, 6.07) is 7.74. The summed E-state index contributed by atoms with van der Waals surface area (Å²) in [6.45, 7) is 0.946. The van der Waals surface area contributed by atoms with Crippen LogP contribution in [0.25, 0.3) is 0 Å². The fourth-order valence-electron chi connectivity index (χ4n) is 1.31. The lowest BCUT2D eigenvalue weighted by Gasteiger charge is -2.23. The summed E-state index contributed by atoms with van der Waals surface area (Å²) in [6.07, 6.45) is 0.888. The van der Waals surface area contributed by atoms with E-state index in [1.165, 1.54) is 5.56 Å². The molecule has 13 heavy (non-hydrogen) atoms. The van der Waals surface area contributed by atoms with Gasteiger partial charge in [0.1, 0.15) is 12.8 Å². The highest BCUT2D eigenvalue weighted by Crippen LogP contribution is 2.08. The molecule has 0 amide bonds. The molecular formula is C11H16NO+. The third-order valence-electron chi connectivity index (χ3n) is 1.74. The van der Waals surface area contributed by atoms with Crippen LogP contribution in [0.1, 0.15) is 15.9 Å². The summed E-state index contributed by atoms with van der Waals surface area (Å²) < 4.78 is 0.877. The van der Waals surface area contributed by atoms with Crippen molar-refractivity contribution in [3.05, 3.63) is 35.4 Å². The average molecular weight is 178 g/mol. The highest BCUT2D eigenvalue weighted by molar-refractivity contribution is 5.74. The van der Waals surface area contributed by atoms with Gasteiger partial charge in [-0.15, -0.1) is 0 Å². The molecule has 0 N–H and O–H groups in total. The fourth-order valence-corrected chi connectivity index (χ4v) is 1.31. The predicted octanol–water partition coefficient (Wildman–Crippen LogP) is 1.71. The Morgan fingerprint density at radius 3 is 2.54 bits per heavy atom. The Kier molecular flexibility index (Phi) is 2.83. The largest absolute Gasteiger partial charge is 0.327 e. The third kappa shape index (κ3) is 3.38. The molecule has 0 aliphatic heterocycles. The van der Waals surface area contributed by atoms with Gasteiger partial charge in [0.25, 0.3) is 0 Å². The summed E-state index contributed by atoms with van der Waals surface area (Å²) in [5, 5.41) is 0. The summed E-state index contributed by atoms with van der Waals surface area (Å²) in [5.74, 6) is 0. The number of nitrogens with zero attached hydrogens (tertiary/aromatic N) is 1. The quantitative estimate of drug-likeness (QED) is 0.508. The molecule has 0 saturated carbocycles. The standard InChI is InChI=1S/C11H16NO/c1-12(2,3)8-10-5-4-6-11(7-10)9-13/h4-7,9H,8H2,1-3H3/q+1. The van der Waals surface area contributed by atoms with Crippen LogP contribution in [0.15, 0.2) is 24.3 Å². The van der Waals surface area contributed by atoms with Gasteiger partial charge in [0.05, 0.1) is 21.1 Å². The second kappa shape index (κ2) is 3.71. The molecular weight excluding hydrogens is 162 g/mol. The smallest absolute Gasteiger partial charge is 0.150 e. The molecule has 0 aromatic heterocycles. The molecule has 0 radical (unpaired) electrons. The molecule has 1 aromatic carbocycles. The van der Waals surface area contributed by atoms with E-state index < -0.39 is 0 Å². The highest BCUT2D eigenvalue weighted by atomic mass is 16.1. The lowest BCUT2D eigenvalue weighted by atomic mass is 10.1.